The van der Waals surface area contributed by atoms with Gasteiger partial charge < -0.3 is 10.6 Å². The van der Waals surface area contributed by atoms with E-state index in [4.69, 9.17) is 0 Å². The number of hydrogen-bond donors (Lipinski definition) is 3. The number of benzene rings is 2. The average molecular weight is 406 g/mol. The molecule has 0 saturated carbocycles. The number of nitrogens with zero attached hydrogens (tertiary/aromatic N) is 1. The van der Waals surface area contributed by atoms with Gasteiger partial charge in [0.05, 0.1) is 5.69 Å². The molecule has 154 valence electrons. The van der Waals surface area contributed by atoms with E-state index < -0.39 is 23.8 Å². The Morgan fingerprint density at radius 2 is 1.53 bits per heavy atom. The first-order valence-corrected chi connectivity index (χ1v) is 9.36. The average Bonchev–Trinajstić information content (AvgIpc) is 2.69. The summed E-state index contributed by atoms with van der Waals surface area (Å²) in [7, 11) is 0. The van der Waals surface area contributed by atoms with Gasteiger partial charge in [0.15, 0.2) is 5.92 Å². The molecular formula is C22H22N4O4. The number of imide groups is 2. The van der Waals surface area contributed by atoms with E-state index in [9.17, 15) is 19.2 Å². The summed E-state index contributed by atoms with van der Waals surface area (Å²) in [6.45, 7) is 5.01. The summed E-state index contributed by atoms with van der Waals surface area (Å²) in [4.78, 5) is 50.1. The van der Waals surface area contributed by atoms with Gasteiger partial charge in [-0.2, -0.15) is 0 Å². The summed E-state index contributed by atoms with van der Waals surface area (Å²) in [6.07, 6.45) is 1.62. The van der Waals surface area contributed by atoms with E-state index in [1.165, 1.54) is 6.92 Å². The molecule has 2 aromatic carbocycles. The van der Waals surface area contributed by atoms with Crippen molar-refractivity contribution in [2.24, 2.45) is 5.92 Å². The first kappa shape index (κ1) is 20.8. The van der Waals surface area contributed by atoms with Crippen molar-refractivity contribution in [3.05, 3.63) is 65.9 Å². The summed E-state index contributed by atoms with van der Waals surface area (Å²) >= 11 is 0. The first-order valence-electron chi connectivity index (χ1n) is 9.36. The van der Waals surface area contributed by atoms with Crippen molar-refractivity contribution < 1.29 is 19.2 Å². The van der Waals surface area contributed by atoms with Crippen LogP contribution in [-0.4, -0.2) is 23.8 Å². The predicted octanol–water partition coefficient (Wildman–Crippen LogP) is 3.17. The standard InChI is InChI=1S/C22H22N4O4/c1-4-18(24-16-9-7-15(8-10-16)23-14(3)27)19-20(28)25-22(30)26(21(19)29)17-11-5-13(2)6-12-17/h4-12,19,24H,1-3H3,(H,23,27)(H,25,28,30)/b18-4+/t19-/m0/s1. The zero-order chi connectivity index (χ0) is 21.8. The van der Waals surface area contributed by atoms with Crippen LogP contribution in [0.1, 0.15) is 19.4 Å². The highest BCUT2D eigenvalue weighted by atomic mass is 16.2. The molecule has 3 rings (SSSR count). The number of urea groups is 1. The van der Waals surface area contributed by atoms with Crippen molar-refractivity contribution in [3.63, 3.8) is 0 Å². The Morgan fingerprint density at radius 1 is 0.967 bits per heavy atom. The van der Waals surface area contributed by atoms with Crippen LogP contribution in [0.5, 0.6) is 0 Å². The number of amides is 5. The van der Waals surface area contributed by atoms with Crippen molar-refractivity contribution in [1.29, 1.82) is 0 Å². The Labute approximate surface area is 173 Å². The Morgan fingerprint density at radius 3 is 2.07 bits per heavy atom. The normalized spacial score (nSPS) is 16.9. The van der Waals surface area contributed by atoms with Gasteiger partial charge in [-0.05, 0) is 50.2 Å². The van der Waals surface area contributed by atoms with Crippen LogP contribution in [0.25, 0.3) is 0 Å². The molecular weight excluding hydrogens is 384 g/mol. The largest absolute Gasteiger partial charge is 0.358 e. The van der Waals surface area contributed by atoms with Gasteiger partial charge in [-0.1, -0.05) is 23.8 Å². The zero-order valence-electron chi connectivity index (χ0n) is 16.9. The van der Waals surface area contributed by atoms with Crippen molar-refractivity contribution in [1.82, 2.24) is 5.32 Å². The molecule has 0 spiro atoms. The van der Waals surface area contributed by atoms with Crippen LogP contribution < -0.4 is 20.9 Å². The minimum absolute atomic E-state index is 0.185. The summed E-state index contributed by atoms with van der Waals surface area (Å²) in [6, 6.07) is 12.9. The number of rotatable bonds is 5. The molecule has 8 heteroatoms. The number of carbonyl (C=O) groups excluding carboxylic acids is 4. The molecule has 0 bridgehead atoms. The van der Waals surface area contributed by atoms with Crippen LogP contribution in [0, 0.1) is 12.8 Å². The number of hydrogen-bond acceptors (Lipinski definition) is 5. The number of carbonyl (C=O) groups is 4. The van der Waals surface area contributed by atoms with E-state index in [0.717, 1.165) is 10.5 Å². The molecule has 8 nitrogen and oxygen atoms in total. The predicted molar refractivity (Wildman–Crippen MR) is 114 cm³/mol. The Bertz CT molecular complexity index is 1030. The minimum Gasteiger partial charge on any atom is -0.358 e. The summed E-state index contributed by atoms with van der Waals surface area (Å²) < 4.78 is 0. The minimum atomic E-state index is -1.20. The topological polar surface area (TPSA) is 108 Å². The molecule has 30 heavy (non-hydrogen) atoms. The van der Waals surface area contributed by atoms with Crippen molar-refractivity contribution in [2.45, 2.75) is 20.8 Å². The van der Waals surface area contributed by atoms with Gasteiger partial charge in [0.1, 0.15) is 0 Å². The molecule has 1 fully saturated rings. The number of allylic oxidation sites excluding steroid dienone is 1. The molecule has 3 N–H and O–H groups in total. The fourth-order valence-electron chi connectivity index (χ4n) is 3.11. The van der Waals surface area contributed by atoms with E-state index in [-0.39, 0.29) is 5.91 Å². The highest BCUT2D eigenvalue weighted by Gasteiger charge is 2.43. The maximum Gasteiger partial charge on any atom is 0.335 e. The second-order valence-electron chi connectivity index (χ2n) is 6.86. The van der Waals surface area contributed by atoms with Crippen LogP contribution in [0.3, 0.4) is 0 Å². The van der Waals surface area contributed by atoms with Gasteiger partial charge in [0, 0.05) is 24.0 Å². The van der Waals surface area contributed by atoms with Crippen molar-refractivity contribution in [2.75, 3.05) is 15.5 Å². The highest BCUT2D eigenvalue weighted by molar-refractivity contribution is 6.29. The zero-order valence-corrected chi connectivity index (χ0v) is 16.9. The first-order chi connectivity index (χ1) is 14.3. The summed E-state index contributed by atoms with van der Waals surface area (Å²) in [5.41, 5.74) is 2.95. The lowest BCUT2D eigenvalue weighted by Gasteiger charge is -2.31. The number of barbiturate groups is 1. The van der Waals surface area contributed by atoms with E-state index in [0.29, 0.717) is 22.8 Å². The quantitative estimate of drug-likeness (QED) is 0.661. The van der Waals surface area contributed by atoms with Crippen LogP contribution in [0.2, 0.25) is 0 Å². The fraction of sp³-hybridized carbons (Fsp3) is 0.182. The monoisotopic (exact) mass is 406 g/mol. The lowest BCUT2D eigenvalue weighted by atomic mass is 9.99. The Balaban J connectivity index is 1.84. The van der Waals surface area contributed by atoms with Crippen molar-refractivity contribution >= 4 is 40.8 Å². The van der Waals surface area contributed by atoms with E-state index >= 15 is 0 Å². The molecule has 1 aliphatic heterocycles. The second-order valence-corrected chi connectivity index (χ2v) is 6.86. The lowest BCUT2D eigenvalue weighted by Crippen LogP contribution is -2.59. The highest BCUT2D eigenvalue weighted by Crippen LogP contribution is 2.26. The molecule has 0 aliphatic carbocycles. The summed E-state index contributed by atoms with van der Waals surface area (Å²) in [5, 5.41) is 7.98. The molecule has 1 aliphatic rings. The number of anilines is 3. The Kier molecular flexibility index (Phi) is 5.96. The molecule has 0 aromatic heterocycles. The molecule has 2 aromatic rings. The van der Waals surface area contributed by atoms with Crippen LogP contribution in [0.15, 0.2) is 60.3 Å². The van der Waals surface area contributed by atoms with Gasteiger partial charge in [-0.25, -0.2) is 9.69 Å². The smallest absolute Gasteiger partial charge is 0.335 e. The van der Waals surface area contributed by atoms with Gasteiger partial charge >= 0.3 is 6.03 Å². The van der Waals surface area contributed by atoms with Gasteiger partial charge in [0.25, 0.3) is 5.91 Å². The molecule has 1 saturated heterocycles. The molecule has 0 unspecified atom stereocenters. The number of nitrogens with one attached hydrogen (secondary N) is 3. The fourth-order valence-corrected chi connectivity index (χ4v) is 3.11. The van der Waals surface area contributed by atoms with Gasteiger partial charge in [-0.15, -0.1) is 0 Å². The molecule has 1 heterocycles. The maximum absolute atomic E-state index is 13.1. The third kappa shape index (κ3) is 4.38. The van der Waals surface area contributed by atoms with Crippen LogP contribution in [0.4, 0.5) is 21.9 Å². The second kappa shape index (κ2) is 8.60. The summed E-state index contributed by atoms with van der Waals surface area (Å²) in [5.74, 6) is -2.72. The van der Waals surface area contributed by atoms with Crippen LogP contribution >= 0.6 is 0 Å². The lowest BCUT2D eigenvalue weighted by molar-refractivity contribution is -0.132. The van der Waals surface area contributed by atoms with E-state index in [1.807, 2.05) is 6.92 Å². The van der Waals surface area contributed by atoms with Crippen LogP contribution in [-0.2, 0) is 14.4 Å². The van der Waals surface area contributed by atoms with Gasteiger partial charge in [0.2, 0.25) is 11.8 Å². The molecule has 1 atom stereocenters. The maximum atomic E-state index is 13.1. The van der Waals surface area contributed by atoms with Crippen molar-refractivity contribution in [3.8, 4) is 0 Å². The third-order valence-electron chi connectivity index (χ3n) is 4.57. The Hall–Kier alpha value is -3.94. The molecule has 0 radical (unpaired) electrons. The number of aryl methyl sites for hydroxylation is 1. The van der Waals surface area contributed by atoms with Gasteiger partial charge in [-0.3, -0.25) is 19.7 Å². The molecule has 5 amide bonds. The third-order valence-corrected chi connectivity index (χ3v) is 4.57. The van der Waals surface area contributed by atoms with E-state index in [2.05, 4.69) is 16.0 Å². The van der Waals surface area contributed by atoms with E-state index in [1.54, 1.807) is 61.5 Å². The SMILES string of the molecule is C/C=C(/Nc1ccc(NC(C)=O)cc1)[C@H]1C(=O)NC(=O)N(c2ccc(C)cc2)C1=O.